The van der Waals surface area contributed by atoms with Gasteiger partial charge in [0.2, 0.25) is 0 Å². The van der Waals surface area contributed by atoms with Crippen LogP contribution in [0.3, 0.4) is 0 Å². The Kier molecular flexibility index (Phi) is 2.27. The molecule has 0 aliphatic rings. The lowest BCUT2D eigenvalue weighted by atomic mass is 10.1. The van der Waals surface area contributed by atoms with E-state index in [2.05, 4.69) is 23.1 Å². The van der Waals surface area contributed by atoms with Crippen molar-refractivity contribution in [2.75, 3.05) is 0 Å². The maximum atomic E-state index is 4.28. The number of hydrogen-bond acceptors (Lipinski definition) is 2. The van der Waals surface area contributed by atoms with Crippen LogP contribution in [-0.4, -0.2) is 9.97 Å². The molecule has 0 N–H and O–H groups in total. The first-order valence-electron chi connectivity index (χ1n) is 4.53. The lowest BCUT2D eigenvalue weighted by Crippen LogP contribution is -1.87. The van der Waals surface area contributed by atoms with Crippen molar-refractivity contribution in [1.29, 1.82) is 0 Å². The summed E-state index contributed by atoms with van der Waals surface area (Å²) in [6.07, 6.45) is 6.54. The average Bonchev–Trinajstić information content (AvgIpc) is 2.18. The summed E-state index contributed by atoms with van der Waals surface area (Å²) in [6, 6.07) is 6.05. The van der Waals surface area contributed by atoms with E-state index < -0.39 is 0 Å². The zero-order valence-electron chi connectivity index (χ0n) is 8.28. The Balaban J connectivity index is 2.49. The topological polar surface area (TPSA) is 25.8 Å². The molecule has 0 aliphatic carbocycles. The lowest BCUT2D eigenvalue weighted by molar-refractivity contribution is 1.22. The van der Waals surface area contributed by atoms with Crippen LogP contribution < -0.4 is 0 Å². The third-order valence-electron chi connectivity index (χ3n) is 2.02. The van der Waals surface area contributed by atoms with Gasteiger partial charge in [0.15, 0.2) is 0 Å². The first kappa shape index (κ1) is 8.88. The molecule has 2 rings (SSSR count). The van der Waals surface area contributed by atoms with Crippen molar-refractivity contribution in [3.05, 3.63) is 47.9 Å². The Morgan fingerprint density at radius 2 is 2.00 bits per heavy atom. The van der Waals surface area contributed by atoms with Gasteiger partial charge >= 0.3 is 0 Å². The Bertz CT molecular complexity index is 406. The molecule has 2 aromatic rings. The van der Waals surface area contributed by atoms with E-state index in [1.54, 1.807) is 12.4 Å². The van der Waals surface area contributed by atoms with Crippen molar-refractivity contribution in [2.24, 2.45) is 0 Å². The molecule has 0 fully saturated rings. The van der Waals surface area contributed by atoms with Crippen molar-refractivity contribution in [2.45, 2.75) is 13.8 Å². The minimum atomic E-state index is 0.932. The average molecular weight is 183 g/mol. The van der Waals surface area contributed by atoms with E-state index in [1.165, 1.54) is 5.56 Å². The fraction of sp³-hybridized carbons (Fsp3) is 0.167. The fourth-order valence-corrected chi connectivity index (χ4v) is 1.32. The second-order valence-corrected chi connectivity index (χ2v) is 3.39. The zero-order chi connectivity index (χ0) is 9.97. The van der Waals surface area contributed by atoms with Gasteiger partial charge in [-0.1, -0.05) is 0 Å². The highest BCUT2D eigenvalue weighted by atomic mass is 14.7. The highest BCUT2D eigenvalue weighted by Crippen LogP contribution is 2.16. The number of nitrogens with zero attached hydrogens (tertiary/aromatic N) is 2. The van der Waals surface area contributed by atoms with E-state index in [1.807, 2.05) is 25.1 Å². The normalized spacial score (nSPS) is 10.1. The van der Waals surface area contributed by atoms with Gasteiger partial charge in [0.25, 0.3) is 0 Å². The van der Waals surface area contributed by atoms with Crippen LogP contribution in [-0.2, 0) is 0 Å². The van der Waals surface area contributed by atoms with Gasteiger partial charge in [0.1, 0.15) is 0 Å². The van der Waals surface area contributed by atoms with Gasteiger partial charge in [-0.2, -0.15) is 0 Å². The van der Waals surface area contributed by atoms with Crippen LogP contribution in [0.15, 0.2) is 30.6 Å². The number of aryl methyl sites for hydroxylation is 2. The quantitative estimate of drug-likeness (QED) is 0.679. The Morgan fingerprint density at radius 1 is 1.14 bits per heavy atom. The Hall–Kier alpha value is -1.70. The Labute approximate surface area is 83.7 Å². The summed E-state index contributed by atoms with van der Waals surface area (Å²) < 4.78 is 0. The van der Waals surface area contributed by atoms with Gasteiger partial charge in [0.05, 0.1) is 11.9 Å². The standard InChI is InChI=1S/C12H11N2/c1-9-3-4-14-12(6-9)11-5-10(2)7-13-8-11/h3-7H,1-2H3. The minimum absolute atomic E-state index is 0.932. The monoisotopic (exact) mass is 183 g/mol. The maximum Gasteiger partial charge on any atom is 0.0987 e. The molecule has 0 atom stereocenters. The van der Waals surface area contributed by atoms with Crippen LogP contribution in [0.4, 0.5) is 0 Å². The molecule has 0 aliphatic heterocycles. The molecular weight excluding hydrogens is 172 g/mol. The molecule has 0 aromatic carbocycles. The first-order chi connectivity index (χ1) is 6.75. The van der Waals surface area contributed by atoms with Crippen LogP contribution in [0.1, 0.15) is 11.1 Å². The molecule has 2 heterocycles. The van der Waals surface area contributed by atoms with Gasteiger partial charge in [-0.25, -0.2) is 0 Å². The second kappa shape index (κ2) is 3.58. The van der Waals surface area contributed by atoms with Crippen LogP contribution in [0.5, 0.6) is 0 Å². The Morgan fingerprint density at radius 3 is 2.71 bits per heavy atom. The minimum Gasteiger partial charge on any atom is -0.256 e. The third-order valence-corrected chi connectivity index (χ3v) is 2.02. The second-order valence-electron chi connectivity index (χ2n) is 3.39. The molecule has 1 radical (unpaired) electrons. The summed E-state index contributed by atoms with van der Waals surface area (Å²) in [7, 11) is 0. The van der Waals surface area contributed by atoms with Crippen LogP contribution in [0.25, 0.3) is 11.3 Å². The number of pyridine rings is 2. The molecule has 0 saturated heterocycles. The molecule has 0 spiro atoms. The lowest BCUT2D eigenvalue weighted by Gasteiger charge is -2.01. The molecule has 0 amide bonds. The van der Waals surface area contributed by atoms with E-state index in [4.69, 9.17) is 0 Å². The van der Waals surface area contributed by atoms with Crippen LogP contribution in [0, 0.1) is 20.0 Å². The first-order valence-corrected chi connectivity index (χ1v) is 4.53. The predicted molar refractivity (Wildman–Crippen MR) is 55.8 cm³/mol. The SMILES string of the molecule is Cc1cn[c]c(-c2cc(C)ccn2)c1. The van der Waals surface area contributed by atoms with Crippen LogP contribution >= 0.6 is 0 Å². The summed E-state index contributed by atoms with van der Waals surface area (Å²) in [5.41, 5.74) is 4.21. The highest BCUT2D eigenvalue weighted by molar-refractivity contribution is 5.58. The van der Waals surface area contributed by atoms with E-state index >= 15 is 0 Å². The van der Waals surface area contributed by atoms with E-state index in [9.17, 15) is 0 Å². The van der Waals surface area contributed by atoms with Crippen molar-refractivity contribution in [1.82, 2.24) is 9.97 Å². The maximum absolute atomic E-state index is 4.28. The third kappa shape index (κ3) is 1.79. The van der Waals surface area contributed by atoms with E-state index in [0.717, 1.165) is 16.8 Å². The van der Waals surface area contributed by atoms with E-state index in [0.29, 0.717) is 0 Å². The van der Waals surface area contributed by atoms with Gasteiger partial charge in [-0.3, -0.25) is 9.97 Å². The fourth-order valence-electron chi connectivity index (χ4n) is 1.32. The van der Waals surface area contributed by atoms with Crippen molar-refractivity contribution < 1.29 is 0 Å². The largest absolute Gasteiger partial charge is 0.256 e. The summed E-state index contributed by atoms with van der Waals surface area (Å²) in [5.74, 6) is 0. The number of aromatic nitrogens is 2. The molecule has 0 unspecified atom stereocenters. The van der Waals surface area contributed by atoms with E-state index in [-0.39, 0.29) is 0 Å². The molecular formula is C12H11N2. The molecule has 2 heteroatoms. The van der Waals surface area contributed by atoms with Crippen molar-refractivity contribution >= 4 is 0 Å². The number of hydrogen-bond donors (Lipinski definition) is 0. The molecule has 2 aromatic heterocycles. The molecule has 14 heavy (non-hydrogen) atoms. The highest BCUT2D eigenvalue weighted by Gasteiger charge is 1.99. The predicted octanol–water partition coefficient (Wildman–Crippen LogP) is 2.56. The molecule has 2 nitrogen and oxygen atoms in total. The summed E-state index contributed by atoms with van der Waals surface area (Å²) in [6.45, 7) is 4.06. The summed E-state index contributed by atoms with van der Waals surface area (Å²) in [4.78, 5) is 8.30. The van der Waals surface area contributed by atoms with Crippen molar-refractivity contribution in [3.63, 3.8) is 0 Å². The van der Waals surface area contributed by atoms with Gasteiger partial charge in [0, 0.05) is 18.0 Å². The molecule has 0 saturated carbocycles. The van der Waals surface area contributed by atoms with Gasteiger partial charge < -0.3 is 0 Å². The number of rotatable bonds is 1. The van der Waals surface area contributed by atoms with Crippen LogP contribution in [0.2, 0.25) is 0 Å². The summed E-state index contributed by atoms with van der Waals surface area (Å²) in [5, 5.41) is 0. The van der Waals surface area contributed by atoms with Crippen molar-refractivity contribution in [3.8, 4) is 11.3 Å². The molecule has 69 valence electrons. The smallest absolute Gasteiger partial charge is 0.0987 e. The molecule has 0 bridgehead atoms. The summed E-state index contributed by atoms with van der Waals surface area (Å²) >= 11 is 0. The van der Waals surface area contributed by atoms with Gasteiger partial charge in [-0.05, 0) is 43.2 Å². The van der Waals surface area contributed by atoms with Gasteiger partial charge in [-0.15, -0.1) is 0 Å². The zero-order valence-corrected chi connectivity index (χ0v) is 8.28.